The van der Waals surface area contributed by atoms with Crippen molar-refractivity contribution in [1.29, 1.82) is 0 Å². The summed E-state index contributed by atoms with van der Waals surface area (Å²) in [4.78, 5) is 23.9. The third kappa shape index (κ3) is 2.95. The first-order valence-corrected chi connectivity index (χ1v) is 6.96. The molecule has 2 rings (SSSR count). The topological polar surface area (TPSA) is 37.4 Å². The van der Waals surface area contributed by atoms with Crippen LogP contribution in [0.3, 0.4) is 0 Å². The molecule has 0 aromatic heterocycles. The minimum absolute atomic E-state index is 0.0559. The number of rotatable bonds is 4. The molecule has 0 aliphatic carbocycles. The molecule has 1 amide bonds. The van der Waals surface area contributed by atoms with Gasteiger partial charge in [-0.3, -0.25) is 4.79 Å². The van der Waals surface area contributed by atoms with E-state index < -0.39 is 0 Å². The zero-order valence-electron chi connectivity index (χ0n) is 9.73. The van der Waals surface area contributed by atoms with Gasteiger partial charge in [0.15, 0.2) is 0 Å². The number of benzene rings is 1. The Kier molecular flexibility index (Phi) is 4.46. The van der Waals surface area contributed by atoms with E-state index in [-0.39, 0.29) is 19.4 Å². The lowest BCUT2D eigenvalue weighted by Crippen LogP contribution is -2.38. The molecular formula is C12H12BBrClNO2. The van der Waals surface area contributed by atoms with Crippen molar-refractivity contribution in [3.05, 3.63) is 33.3 Å². The Labute approximate surface area is 120 Å². The predicted octanol–water partition coefficient (Wildman–Crippen LogP) is 2.18. The average Bonchev–Trinajstić information content (AvgIpc) is 2.66. The molecule has 1 aromatic rings. The molecule has 1 saturated heterocycles. The molecule has 1 aromatic carbocycles. The highest BCUT2D eigenvalue weighted by Gasteiger charge is 2.30. The molecule has 0 radical (unpaired) electrons. The fourth-order valence-electron chi connectivity index (χ4n) is 2.28. The molecule has 1 aliphatic heterocycles. The van der Waals surface area contributed by atoms with Crippen molar-refractivity contribution in [3.63, 3.8) is 0 Å². The second-order valence-electron chi connectivity index (χ2n) is 4.35. The van der Waals surface area contributed by atoms with Crippen LogP contribution in [0.2, 0.25) is 5.02 Å². The monoisotopic (exact) mass is 327 g/mol. The van der Waals surface area contributed by atoms with Crippen molar-refractivity contribution in [2.45, 2.75) is 25.3 Å². The van der Waals surface area contributed by atoms with Crippen LogP contribution in [0.1, 0.15) is 18.4 Å². The molecule has 0 spiro atoms. The van der Waals surface area contributed by atoms with Gasteiger partial charge in [0.25, 0.3) is 0 Å². The number of nitrogens with zero attached hydrogens (tertiary/aromatic N) is 1. The molecule has 6 heteroatoms. The van der Waals surface area contributed by atoms with E-state index >= 15 is 0 Å². The van der Waals surface area contributed by atoms with Crippen LogP contribution < -0.4 is 0 Å². The van der Waals surface area contributed by atoms with E-state index in [1.165, 1.54) is 0 Å². The average molecular weight is 328 g/mol. The zero-order valence-corrected chi connectivity index (χ0v) is 12.1. The van der Waals surface area contributed by atoms with Crippen molar-refractivity contribution in [2.75, 3.05) is 0 Å². The fraction of sp³-hybridized carbons (Fsp3) is 0.333. The molecule has 1 aliphatic rings. The number of hydrogen-bond donors (Lipinski definition) is 0. The molecule has 0 unspecified atom stereocenters. The number of amides is 1. The molecule has 1 atom stereocenters. The van der Waals surface area contributed by atoms with Gasteiger partial charge in [0, 0.05) is 22.0 Å². The first-order valence-electron chi connectivity index (χ1n) is 5.79. The summed E-state index contributed by atoms with van der Waals surface area (Å²) in [5.41, 5.74) is 1.01. The maximum atomic E-state index is 11.6. The highest BCUT2D eigenvalue weighted by atomic mass is 79.9. The normalized spacial score (nSPS) is 19.1. The van der Waals surface area contributed by atoms with Crippen LogP contribution >= 0.6 is 27.5 Å². The van der Waals surface area contributed by atoms with Gasteiger partial charge < -0.3 is 9.61 Å². The van der Waals surface area contributed by atoms with Crippen LogP contribution in [0.15, 0.2) is 22.7 Å². The summed E-state index contributed by atoms with van der Waals surface area (Å²) in [5.74, 6) is 0.0559. The van der Waals surface area contributed by atoms with E-state index in [1.807, 2.05) is 18.2 Å². The Morgan fingerprint density at radius 3 is 3.00 bits per heavy atom. The quantitative estimate of drug-likeness (QED) is 0.627. The van der Waals surface area contributed by atoms with Crippen molar-refractivity contribution >= 4 is 47.0 Å². The Balaban J connectivity index is 2.13. The van der Waals surface area contributed by atoms with Gasteiger partial charge in [-0.05, 0) is 30.5 Å². The van der Waals surface area contributed by atoms with Gasteiger partial charge in [0.05, 0.1) is 0 Å². The predicted molar refractivity (Wildman–Crippen MR) is 76.6 cm³/mol. The summed E-state index contributed by atoms with van der Waals surface area (Å²) in [7, 11) is 0.178. The number of halogens is 2. The van der Waals surface area contributed by atoms with Crippen molar-refractivity contribution in [2.24, 2.45) is 0 Å². The van der Waals surface area contributed by atoms with Gasteiger partial charge in [-0.15, -0.1) is 0 Å². The molecule has 0 bridgehead atoms. The second-order valence-corrected chi connectivity index (χ2v) is 5.67. The minimum Gasteiger partial charge on any atom is -0.379 e. The van der Waals surface area contributed by atoms with Crippen LogP contribution in [-0.4, -0.2) is 30.4 Å². The van der Waals surface area contributed by atoms with E-state index in [0.717, 1.165) is 22.6 Å². The van der Waals surface area contributed by atoms with Crippen molar-refractivity contribution in [1.82, 2.24) is 4.81 Å². The lowest BCUT2D eigenvalue weighted by atomic mass is 9.91. The molecule has 0 saturated carbocycles. The molecule has 3 nitrogen and oxygen atoms in total. The van der Waals surface area contributed by atoms with Gasteiger partial charge in [0.2, 0.25) is 5.91 Å². The molecule has 18 heavy (non-hydrogen) atoms. The van der Waals surface area contributed by atoms with Gasteiger partial charge in [-0.2, -0.15) is 0 Å². The fourth-order valence-corrected chi connectivity index (χ4v) is 3.03. The third-order valence-electron chi connectivity index (χ3n) is 3.19. The van der Waals surface area contributed by atoms with Gasteiger partial charge in [0.1, 0.15) is 6.19 Å². The summed E-state index contributed by atoms with van der Waals surface area (Å²) >= 11 is 9.53. The van der Waals surface area contributed by atoms with E-state index in [0.29, 0.717) is 17.9 Å². The Hall–Kier alpha value is -0.805. The van der Waals surface area contributed by atoms with Crippen LogP contribution in [-0.2, 0) is 16.0 Å². The van der Waals surface area contributed by atoms with E-state index in [4.69, 9.17) is 11.6 Å². The molecule has 94 valence electrons. The van der Waals surface area contributed by atoms with Gasteiger partial charge in [-0.1, -0.05) is 33.6 Å². The number of hydrogen-bond acceptors (Lipinski definition) is 2. The number of carbonyl (C=O) groups excluding carboxylic acids is 2. The zero-order chi connectivity index (χ0) is 13.1. The maximum Gasteiger partial charge on any atom is 0.313 e. The second kappa shape index (κ2) is 5.89. The lowest BCUT2D eigenvalue weighted by molar-refractivity contribution is -0.124. The summed E-state index contributed by atoms with van der Waals surface area (Å²) in [5, 5.41) is 0.690. The largest absolute Gasteiger partial charge is 0.379 e. The standard InChI is InChI=1S/C12H12BBrClNO2/c14-9-2-1-8(11(15)6-9)5-10-3-4-12(18)16(10)13-7-17/h1-2,6-7,10,13H,3-5H2/t10-/m0/s1. The minimum atomic E-state index is 0.0559. The van der Waals surface area contributed by atoms with E-state index in [2.05, 4.69) is 15.9 Å². The summed E-state index contributed by atoms with van der Waals surface area (Å²) < 4.78 is 0.934. The first-order chi connectivity index (χ1) is 8.61. The van der Waals surface area contributed by atoms with E-state index in [1.54, 1.807) is 4.81 Å². The smallest absolute Gasteiger partial charge is 0.313 e. The van der Waals surface area contributed by atoms with Crippen molar-refractivity contribution < 1.29 is 9.59 Å². The summed E-state index contributed by atoms with van der Waals surface area (Å²) in [6.45, 7) is 0. The van der Waals surface area contributed by atoms with E-state index in [9.17, 15) is 9.59 Å². The summed E-state index contributed by atoms with van der Waals surface area (Å²) in [6, 6.07) is 5.81. The van der Waals surface area contributed by atoms with Crippen LogP contribution in [0.25, 0.3) is 0 Å². The Morgan fingerprint density at radius 1 is 1.56 bits per heavy atom. The molecular weight excluding hydrogens is 316 g/mol. The molecule has 0 N–H and O–H groups in total. The number of carbonyl (C=O) groups is 2. The van der Waals surface area contributed by atoms with Crippen molar-refractivity contribution in [3.8, 4) is 0 Å². The van der Waals surface area contributed by atoms with Crippen LogP contribution in [0, 0.1) is 0 Å². The highest BCUT2D eigenvalue weighted by molar-refractivity contribution is 9.10. The first kappa shape index (κ1) is 13.6. The molecule has 1 heterocycles. The Bertz CT molecular complexity index is 483. The third-order valence-corrected chi connectivity index (χ3v) is 4.04. The SMILES string of the molecule is O=CBN1C(=O)CC[C@H]1Cc1ccc(Br)cc1Cl. The Morgan fingerprint density at radius 2 is 2.33 bits per heavy atom. The van der Waals surface area contributed by atoms with Gasteiger partial charge in [-0.25, -0.2) is 0 Å². The lowest BCUT2D eigenvalue weighted by Gasteiger charge is -2.23. The summed E-state index contributed by atoms with van der Waals surface area (Å²) in [6.07, 6.45) is 2.79. The highest BCUT2D eigenvalue weighted by Crippen LogP contribution is 2.27. The molecule has 1 fully saturated rings. The maximum absolute atomic E-state index is 11.6. The van der Waals surface area contributed by atoms with Crippen LogP contribution in [0.4, 0.5) is 0 Å². The van der Waals surface area contributed by atoms with Gasteiger partial charge >= 0.3 is 7.41 Å². The van der Waals surface area contributed by atoms with Crippen LogP contribution in [0.5, 0.6) is 0 Å².